The van der Waals surface area contributed by atoms with Crippen molar-refractivity contribution < 1.29 is 27.8 Å². The summed E-state index contributed by atoms with van der Waals surface area (Å²) in [5, 5.41) is 8.88. The molecule has 9 heteroatoms. The number of aromatic nitrogens is 3. The molecule has 0 aliphatic rings. The lowest BCUT2D eigenvalue weighted by Crippen LogP contribution is -2.10. The molecule has 0 aliphatic heterocycles. The number of imidazole rings is 1. The zero-order chi connectivity index (χ0) is 24.9. The number of para-hydroxylation sites is 1. The molecule has 3 rings (SSSR count). The lowest BCUT2D eigenvalue weighted by molar-refractivity contribution is -0.141. The highest BCUT2D eigenvalue weighted by Crippen LogP contribution is 2.30. The van der Waals surface area contributed by atoms with Crippen LogP contribution in [0.2, 0.25) is 0 Å². The van der Waals surface area contributed by atoms with Crippen molar-refractivity contribution >= 4 is 5.97 Å². The second-order valence-corrected chi connectivity index (χ2v) is 8.42. The number of ether oxygens (including phenoxy) is 1. The summed E-state index contributed by atoms with van der Waals surface area (Å²) in [6, 6.07) is 9.92. The minimum Gasteiger partial charge on any atom is -0.493 e. The SMILES string of the molecule is Cc1nc(-c2ccc(C(F)(F)F)nc2)n(Cc2ccccc2OCCC[C@@H](C)CC(=O)O)c1C. The minimum atomic E-state index is -4.50. The molecule has 0 saturated carbocycles. The zero-order valence-electron chi connectivity index (χ0n) is 19.4. The van der Waals surface area contributed by atoms with Gasteiger partial charge in [0.25, 0.3) is 0 Å². The third-order valence-electron chi connectivity index (χ3n) is 5.69. The molecule has 3 aromatic rings. The van der Waals surface area contributed by atoms with E-state index in [2.05, 4.69) is 9.97 Å². The first-order valence-electron chi connectivity index (χ1n) is 11.1. The van der Waals surface area contributed by atoms with Gasteiger partial charge in [-0.3, -0.25) is 9.78 Å². The summed E-state index contributed by atoms with van der Waals surface area (Å²) in [4.78, 5) is 19.0. The number of pyridine rings is 1. The van der Waals surface area contributed by atoms with Crippen molar-refractivity contribution in [3.05, 3.63) is 65.2 Å². The van der Waals surface area contributed by atoms with Gasteiger partial charge in [-0.1, -0.05) is 25.1 Å². The van der Waals surface area contributed by atoms with Crippen LogP contribution in [0.3, 0.4) is 0 Å². The highest BCUT2D eigenvalue weighted by Gasteiger charge is 2.32. The number of nitrogens with zero attached hydrogens (tertiary/aromatic N) is 3. The van der Waals surface area contributed by atoms with Gasteiger partial charge in [0, 0.05) is 29.4 Å². The van der Waals surface area contributed by atoms with Crippen LogP contribution in [0.25, 0.3) is 11.4 Å². The van der Waals surface area contributed by atoms with Gasteiger partial charge in [-0.2, -0.15) is 13.2 Å². The standard InChI is InChI=1S/C25H28F3N3O3/c1-16(13-23(32)33)7-6-12-34-21-9-5-4-8-20(21)15-31-18(3)17(2)30-24(31)19-10-11-22(29-14-19)25(26,27)28/h4-5,8-11,14,16H,6-7,12-13,15H2,1-3H3,(H,32,33)/t16-/m1/s1. The predicted molar refractivity (Wildman–Crippen MR) is 122 cm³/mol. The zero-order valence-corrected chi connectivity index (χ0v) is 19.4. The summed E-state index contributed by atoms with van der Waals surface area (Å²) in [6.45, 7) is 6.56. The number of hydrogen-bond donors (Lipinski definition) is 1. The van der Waals surface area contributed by atoms with Crippen molar-refractivity contribution in [2.75, 3.05) is 6.61 Å². The Morgan fingerprint density at radius 1 is 1.18 bits per heavy atom. The number of aryl methyl sites for hydroxylation is 1. The maximum atomic E-state index is 12.9. The average Bonchev–Trinajstić information content (AvgIpc) is 3.05. The Morgan fingerprint density at radius 2 is 1.91 bits per heavy atom. The van der Waals surface area contributed by atoms with Crippen molar-refractivity contribution in [3.8, 4) is 17.1 Å². The number of aliphatic carboxylic acids is 1. The number of benzene rings is 1. The topological polar surface area (TPSA) is 77.2 Å². The fourth-order valence-corrected chi connectivity index (χ4v) is 3.72. The molecule has 0 spiro atoms. The first-order chi connectivity index (χ1) is 16.1. The fraction of sp³-hybridized carbons (Fsp3) is 0.400. The van der Waals surface area contributed by atoms with Crippen molar-refractivity contribution in [1.82, 2.24) is 14.5 Å². The second-order valence-electron chi connectivity index (χ2n) is 8.42. The molecular formula is C25H28F3N3O3. The third-order valence-corrected chi connectivity index (χ3v) is 5.69. The van der Waals surface area contributed by atoms with E-state index >= 15 is 0 Å². The van der Waals surface area contributed by atoms with Crippen LogP contribution in [0.15, 0.2) is 42.6 Å². The van der Waals surface area contributed by atoms with Crippen LogP contribution in [0, 0.1) is 19.8 Å². The molecule has 34 heavy (non-hydrogen) atoms. The largest absolute Gasteiger partial charge is 0.493 e. The van der Waals surface area contributed by atoms with E-state index < -0.39 is 17.8 Å². The maximum Gasteiger partial charge on any atom is 0.433 e. The molecule has 6 nitrogen and oxygen atoms in total. The van der Waals surface area contributed by atoms with E-state index in [1.165, 1.54) is 12.3 Å². The number of hydrogen-bond acceptors (Lipinski definition) is 4. The number of rotatable bonds is 10. The van der Waals surface area contributed by atoms with Crippen molar-refractivity contribution in [2.45, 2.75) is 52.8 Å². The van der Waals surface area contributed by atoms with Gasteiger partial charge >= 0.3 is 12.1 Å². The molecule has 1 atom stereocenters. The number of alkyl halides is 3. The monoisotopic (exact) mass is 475 g/mol. The smallest absolute Gasteiger partial charge is 0.433 e. The van der Waals surface area contributed by atoms with Gasteiger partial charge in [0.05, 0.1) is 18.8 Å². The molecule has 2 aromatic heterocycles. The lowest BCUT2D eigenvalue weighted by atomic mass is 10.0. The summed E-state index contributed by atoms with van der Waals surface area (Å²) in [7, 11) is 0. The first kappa shape index (κ1) is 25.3. The van der Waals surface area contributed by atoms with E-state index in [1.807, 2.05) is 49.6 Å². The Labute approximate surface area is 196 Å². The molecule has 0 radical (unpaired) electrons. The molecule has 1 aromatic carbocycles. The number of halogens is 3. The number of carboxylic acid groups (broad SMARTS) is 1. The van der Waals surface area contributed by atoms with Gasteiger partial charge in [-0.05, 0) is 50.8 Å². The van der Waals surface area contributed by atoms with Crippen LogP contribution < -0.4 is 4.74 Å². The summed E-state index contributed by atoms with van der Waals surface area (Å²) in [6.07, 6.45) is -1.69. The Morgan fingerprint density at radius 3 is 2.56 bits per heavy atom. The Hall–Kier alpha value is -3.36. The molecule has 0 saturated heterocycles. The van der Waals surface area contributed by atoms with Crippen LogP contribution in [-0.2, 0) is 17.5 Å². The molecule has 0 bridgehead atoms. The predicted octanol–water partition coefficient (Wildman–Crippen LogP) is 5.90. The van der Waals surface area contributed by atoms with E-state index in [0.717, 1.165) is 35.9 Å². The Kier molecular flexibility index (Phi) is 7.96. The summed E-state index contributed by atoms with van der Waals surface area (Å²) >= 11 is 0. The molecule has 0 amide bonds. The molecule has 2 heterocycles. The quantitative estimate of drug-likeness (QED) is 0.370. The van der Waals surface area contributed by atoms with E-state index in [-0.39, 0.29) is 12.3 Å². The van der Waals surface area contributed by atoms with Gasteiger partial charge in [-0.15, -0.1) is 0 Å². The maximum absolute atomic E-state index is 12.9. The van der Waals surface area contributed by atoms with Crippen LogP contribution in [0.4, 0.5) is 13.2 Å². The van der Waals surface area contributed by atoms with Crippen molar-refractivity contribution in [3.63, 3.8) is 0 Å². The van der Waals surface area contributed by atoms with E-state index in [1.54, 1.807) is 0 Å². The van der Waals surface area contributed by atoms with Crippen LogP contribution >= 0.6 is 0 Å². The first-order valence-corrected chi connectivity index (χ1v) is 11.1. The molecule has 1 N–H and O–H groups in total. The minimum absolute atomic E-state index is 0.0767. The lowest BCUT2D eigenvalue weighted by Gasteiger charge is -2.16. The van der Waals surface area contributed by atoms with Gasteiger partial charge < -0.3 is 14.4 Å². The fourth-order valence-electron chi connectivity index (χ4n) is 3.72. The third kappa shape index (κ3) is 6.36. The van der Waals surface area contributed by atoms with Gasteiger partial charge in [0.2, 0.25) is 0 Å². The normalized spacial score (nSPS) is 12.5. The molecular weight excluding hydrogens is 447 g/mol. The summed E-state index contributed by atoms with van der Waals surface area (Å²) < 4.78 is 46.6. The van der Waals surface area contributed by atoms with Crippen LogP contribution in [-0.4, -0.2) is 32.2 Å². The summed E-state index contributed by atoms with van der Waals surface area (Å²) in [5.74, 6) is 0.515. The highest BCUT2D eigenvalue weighted by molar-refractivity contribution is 5.66. The van der Waals surface area contributed by atoms with Crippen LogP contribution in [0.1, 0.15) is 48.8 Å². The van der Waals surface area contributed by atoms with Crippen molar-refractivity contribution in [1.29, 1.82) is 0 Å². The van der Waals surface area contributed by atoms with Crippen LogP contribution in [0.5, 0.6) is 5.75 Å². The van der Waals surface area contributed by atoms with Crippen molar-refractivity contribution in [2.24, 2.45) is 5.92 Å². The number of carboxylic acids is 1. The Balaban J connectivity index is 1.77. The average molecular weight is 476 g/mol. The highest BCUT2D eigenvalue weighted by atomic mass is 19.4. The van der Waals surface area contributed by atoms with Gasteiger partial charge in [0.15, 0.2) is 0 Å². The second kappa shape index (κ2) is 10.7. The van der Waals surface area contributed by atoms with E-state index in [4.69, 9.17) is 9.84 Å². The van der Waals surface area contributed by atoms with Gasteiger partial charge in [-0.25, -0.2) is 4.98 Å². The molecule has 182 valence electrons. The number of carbonyl (C=O) groups is 1. The van der Waals surface area contributed by atoms with E-state index in [9.17, 15) is 18.0 Å². The van der Waals surface area contributed by atoms with Gasteiger partial charge in [0.1, 0.15) is 17.3 Å². The molecule has 0 fully saturated rings. The molecule has 0 aliphatic carbocycles. The Bertz CT molecular complexity index is 1120. The molecule has 0 unspecified atom stereocenters. The summed E-state index contributed by atoms with van der Waals surface area (Å²) in [5.41, 5.74) is 2.13. The van der Waals surface area contributed by atoms with E-state index in [0.29, 0.717) is 30.3 Å².